The van der Waals surface area contributed by atoms with E-state index < -0.39 is 0 Å². The molecule has 1 heterocycles. The largest absolute Gasteiger partial charge is 0.493 e. The van der Waals surface area contributed by atoms with Crippen molar-refractivity contribution in [1.82, 2.24) is 4.90 Å². The Balaban J connectivity index is 1.70. The number of carbonyl (C=O) groups is 1. The van der Waals surface area contributed by atoms with Gasteiger partial charge in [0, 0.05) is 19.1 Å². The van der Waals surface area contributed by atoms with Crippen molar-refractivity contribution in [2.45, 2.75) is 38.6 Å². The number of ether oxygens (including phenoxy) is 1. The van der Waals surface area contributed by atoms with Crippen molar-refractivity contribution in [3.05, 3.63) is 29.8 Å². The number of piperidine rings is 1. The molecule has 1 aromatic carbocycles. The minimum atomic E-state index is 0.169. The number of hydrogen-bond acceptors (Lipinski definition) is 3. The zero-order valence-corrected chi connectivity index (χ0v) is 12.2. The van der Waals surface area contributed by atoms with Crippen molar-refractivity contribution in [2.24, 2.45) is 5.73 Å². The first-order valence-electron chi connectivity index (χ1n) is 7.44. The summed E-state index contributed by atoms with van der Waals surface area (Å²) in [6, 6.07) is 8.30. The standard InChI is InChI=1S/C16H24N2O2/c1-2-13-3-5-15(6-4-13)20-12-9-16(19)18-10-7-14(17)8-11-18/h3-6,14H,2,7-12,17H2,1H3. The van der Waals surface area contributed by atoms with Crippen molar-refractivity contribution < 1.29 is 9.53 Å². The lowest BCUT2D eigenvalue weighted by atomic mass is 10.1. The number of carbonyl (C=O) groups excluding carboxylic acids is 1. The van der Waals surface area contributed by atoms with Gasteiger partial charge in [0.2, 0.25) is 5.91 Å². The van der Waals surface area contributed by atoms with Crippen LogP contribution in [0.15, 0.2) is 24.3 Å². The second-order valence-electron chi connectivity index (χ2n) is 5.31. The molecule has 2 N–H and O–H groups in total. The van der Waals surface area contributed by atoms with E-state index in [1.54, 1.807) is 0 Å². The summed E-state index contributed by atoms with van der Waals surface area (Å²) < 4.78 is 5.62. The summed E-state index contributed by atoms with van der Waals surface area (Å²) in [6.07, 6.45) is 3.27. The van der Waals surface area contributed by atoms with Gasteiger partial charge in [-0.25, -0.2) is 0 Å². The number of benzene rings is 1. The Morgan fingerprint density at radius 2 is 1.95 bits per heavy atom. The van der Waals surface area contributed by atoms with Crippen molar-refractivity contribution >= 4 is 5.91 Å². The van der Waals surface area contributed by atoms with E-state index in [2.05, 4.69) is 19.1 Å². The molecular formula is C16H24N2O2. The number of amides is 1. The molecule has 0 unspecified atom stereocenters. The first kappa shape index (κ1) is 14.9. The van der Waals surface area contributed by atoms with E-state index in [1.807, 2.05) is 17.0 Å². The molecule has 4 nitrogen and oxygen atoms in total. The Kier molecular flexibility index (Phi) is 5.41. The van der Waals surface area contributed by atoms with Gasteiger partial charge in [0.25, 0.3) is 0 Å². The van der Waals surface area contributed by atoms with Crippen molar-refractivity contribution in [3.63, 3.8) is 0 Å². The molecule has 20 heavy (non-hydrogen) atoms. The van der Waals surface area contributed by atoms with Crippen LogP contribution < -0.4 is 10.5 Å². The SMILES string of the molecule is CCc1ccc(OCCC(=O)N2CCC(N)CC2)cc1. The van der Waals surface area contributed by atoms with E-state index in [1.165, 1.54) is 5.56 Å². The fourth-order valence-corrected chi connectivity index (χ4v) is 2.38. The molecule has 1 aliphatic rings. The van der Waals surface area contributed by atoms with Crippen molar-refractivity contribution in [3.8, 4) is 5.75 Å². The maximum atomic E-state index is 12.0. The van der Waals surface area contributed by atoms with Crippen LogP contribution in [0.2, 0.25) is 0 Å². The Morgan fingerprint density at radius 1 is 1.30 bits per heavy atom. The summed E-state index contributed by atoms with van der Waals surface area (Å²) in [5, 5.41) is 0. The number of hydrogen-bond donors (Lipinski definition) is 1. The molecular weight excluding hydrogens is 252 g/mol. The first-order valence-corrected chi connectivity index (χ1v) is 7.44. The molecule has 0 spiro atoms. The number of nitrogens with two attached hydrogens (primary N) is 1. The predicted octanol–water partition coefficient (Wildman–Crippen LogP) is 1.97. The summed E-state index contributed by atoms with van der Waals surface area (Å²) >= 11 is 0. The van der Waals surface area contributed by atoms with Crippen molar-refractivity contribution in [2.75, 3.05) is 19.7 Å². The van der Waals surface area contributed by atoms with Gasteiger partial charge in [-0.05, 0) is 37.0 Å². The monoisotopic (exact) mass is 276 g/mol. The summed E-state index contributed by atoms with van der Waals surface area (Å²) in [5.74, 6) is 0.998. The van der Waals surface area contributed by atoms with E-state index in [-0.39, 0.29) is 11.9 Å². The van der Waals surface area contributed by atoms with Crippen LogP contribution in [0, 0.1) is 0 Å². The van der Waals surface area contributed by atoms with Crippen LogP contribution in [0.3, 0.4) is 0 Å². The van der Waals surface area contributed by atoms with Crippen molar-refractivity contribution in [1.29, 1.82) is 0 Å². The maximum Gasteiger partial charge on any atom is 0.225 e. The predicted molar refractivity (Wildman–Crippen MR) is 79.7 cm³/mol. The lowest BCUT2D eigenvalue weighted by Crippen LogP contribution is -2.43. The highest BCUT2D eigenvalue weighted by atomic mass is 16.5. The highest BCUT2D eigenvalue weighted by Gasteiger charge is 2.20. The van der Waals surface area contributed by atoms with Gasteiger partial charge in [-0.1, -0.05) is 19.1 Å². The fraction of sp³-hybridized carbons (Fsp3) is 0.562. The van der Waals surface area contributed by atoms with Crippen LogP contribution in [0.4, 0.5) is 0 Å². The lowest BCUT2D eigenvalue weighted by molar-refractivity contribution is -0.132. The van der Waals surface area contributed by atoms with Crippen LogP contribution >= 0.6 is 0 Å². The molecule has 1 fully saturated rings. The highest BCUT2D eigenvalue weighted by Crippen LogP contribution is 2.14. The second-order valence-corrected chi connectivity index (χ2v) is 5.31. The number of aryl methyl sites for hydroxylation is 1. The minimum absolute atomic E-state index is 0.169. The summed E-state index contributed by atoms with van der Waals surface area (Å²) in [5.41, 5.74) is 7.12. The summed E-state index contributed by atoms with van der Waals surface area (Å²) in [4.78, 5) is 13.9. The molecule has 2 rings (SSSR count). The topological polar surface area (TPSA) is 55.6 Å². The van der Waals surface area contributed by atoms with E-state index in [0.717, 1.165) is 38.1 Å². The molecule has 1 amide bonds. The third kappa shape index (κ3) is 4.23. The van der Waals surface area contributed by atoms with E-state index >= 15 is 0 Å². The van der Waals surface area contributed by atoms with Crippen LogP contribution in [0.5, 0.6) is 5.75 Å². The molecule has 0 bridgehead atoms. The summed E-state index contributed by atoms with van der Waals surface area (Å²) in [7, 11) is 0. The zero-order valence-electron chi connectivity index (χ0n) is 12.2. The number of nitrogens with zero attached hydrogens (tertiary/aromatic N) is 1. The number of rotatable bonds is 5. The fourth-order valence-electron chi connectivity index (χ4n) is 2.38. The molecule has 0 aliphatic carbocycles. The van der Waals surface area contributed by atoms with Gasteiger partial charge in [-0.2, -0.15) is 0 Å². The summed E-state index contributed by atoms with van der Waals surface area (Å²) in [6.45, 7) is 4.13. The van der Waals surface area contributed by atoms with Gasteiger partial charge in [0.05, 0.1) is 13.0 Å². The van der Waals surface area contributed by atoms with E-state index in [0.29, 0.717) is 13.0 Å². The minimum Gasteiger partial charge on any atom is -0.493 e. The second kappa shape index (κ2) is 7.29. The van der Waals surface area contributed by atoms with Gasteiger partial charge in [0.1, 0.15) is 5.75 Å². The molecule has 110 valence electrons. The molecule has 1 saturated heterocycles. The quantitative estimate of drug-likeness (QED) is 0.894. The smallest absolute Gasteiger partial charge is 0.225 e. The first-order chi connectivity index (χ1) is 9.69. The third-order valence-electron chi connectivity index (χ3n) is 3.81. The molecule has 4 heteroatoms. The normalized spacial score (nSPS) is 16.2. The van der Waals surface area contributed by atoms with Gasteiger partial charge in [-0.15, -0.1) is 0 Å². The Morgan fingerprint density at radius 3 is 2.55 bits per heavy atom. The van der Waals surface area contributed by atoms with Gasteiger partial charge >= 0.3 is 0 Å². The third-order valence-corrected chi connectivity index (χ3v) is 3.81. The molecule has 0 aromatic heterocycles. The zero-order chi connectivity index (χ0) is 14.4. The lowest BCUT2D eigenvalue weighted by Gasteiger charge is -2.30. The Bertz CT molecular complexity index is 423. The van der Waals surface area contributed by atoms with E-state index in [9.17, 15) is 4.79 Å². The van der Waals surface area contributed by atoms with Gasteiger partial charge in [-0.3, -0.25) is 4.79 Å². The molecule has 0 radical (unpaired) electrons. The molecule has 0 saturated carbocycles. The highest BCUT2D eigenvalue weighted by molar-refractivity contribution is 5.76. The van der Waals surface area contributed by atoms with Crippen LogP contribution in [0.1, 0.15) is 31.7 Å². The molecule has 1 aliphatic heterocycles. The average Bonchev–Trinajstić information content (AvgIpc) is 2.48. The van der Waals surface area contributed by atoms with Crippen LogP contribution in [-0.4, -0.2) is 36.5 Å². The molecule has 0 atom stereocenters. The van der Waals surface area contributed by atoms with Gasteiger partial charge < -0.3 is 15.4 Å². The Hall–Kier alpha value is -1.55. The molecule has 1 aromatic rings. The number of likely N-dealkylation sites (tertiary alicyclic amines) is 1. The van der Waals surface area contributed by atoms with Gasteiger partial charge in [0.15, 0.2) is 0 Å². The van der Waals surface area contributed by atoms with E-state index in [4.69, 9.17) is 10.5 Å². The average molecular weight is 276 g/mol. The maximum absolute atomic E-state index is 12.0. The van der Waals surface area contributed by atoms with Crippen LogP contribution in [-0.2, 0) is 11.2 Å². The van der Waals surface area contributed by atoms with Crippen LogP contribution in [0.25, 0.3) is 0 Å². The Labute approximate surface area is 120 Å².